The Morgan fingerprint density at radius 1 is 1.09 bits per heavy atom. The van der Waals surface area contributed by atoms with Gasteiger partial charge in [0.1, 0.15) is 0 Å². The lowest BCUT2D eigenvalue weighted by Gasteiger charge is -2.39. The second-order valence-electron chi connectivity index (χ2n) is 8.24. The number of nitrogens with zero attached hydrogens (tertiary/aromatic N) is 2. The van der Waals surface area contributed by atoms with Gasteiger partial charge < -0.3 is 19.9 Å². The molecule has 2 aliphatic rings. The number of halogens is 1. The van der Waals surface area contributed by atoms with Crippen molar-refractivity contribution >= 4 is 38.7 Å². The van der Waals surface area contributed by atoms with Crippen molar-refractivity contribution in [1.29, 1.82) is 0 Å². The van der Waals surface area contributed by atoms with Crippen molar-refractivity contribution in [3.8, 4) is 0 Å². The fraction of sp³-hybridized carbons (Fsp3) is 0.375. The van der Waals surface area contributed by atoms with E-state index in [4.69, 9.17) is 16.3 Å². The Hall–Kier alpha value is -2.55. The number of urea groups is 1. The summed E-state index contributed by atoms with van der Waals surface area (Å²) in [5.74, 6) is 0. The van der Waals surface area contributed by atoms with Gasteiger partial charge in [0.15, 0.2) is 9.84 Å². The summed E-state index contributed by atoms with van der Waals surface area (Å²) in [6.45, 7) is 2.72. The minimum absolute atomic E-state index is 0.0364. The van der Waals surface area contributed by atoms with Crippen molar-refractivity contribution in [3.05, 3.63) is 64.7 Å². The van der Waals surface area contributed by atoms with Crippen molar-refractivity contribution in [1.82, 2.24) is 9.80 Å². The quantitative estimate of drug-likeness (QED) is 0.700. The van der Waals surface area contributed by atoms with E-state index in [9.17, 15) is 13.2 Å². The van der Waals surface area contributed by atoms with E-state index in [0.717, 1.165) is 22.4 Å². The van der Waals surface area contributed by atoms with E-state index in [2.05, 4.69) is 11.4 Å². The number of morpholine rings is 1. The molecule has 1 fully saturated rings. The molecule has 2 aromatic carbocycles. The summed E-state index contributed by atoms with van der Waals surface area (Å²) in [6, 6.07) is 12.1. The van der Waals surface area contributed by atoms with Gasteiger partial charge in [0, 0.05) is 49.2 Å². The molecule has 2 aliphatic heterocycles. The highest BCUT2D eigenvalue weighted by atomic mass is 35.5. The number of hydrogen-bond acceptors (Lipinski definition) is 5. The predicted octanol–water partition coefficient (Wildman–Crippen LogP) is 4.07. The van der Waals surface area contributed by atoms with Crippen molar-refractivity contribution in [2.24, 2.45) is 0 Å². The Bertz CT molecular complexity index is 1160. The normalized spacial score (nSPS) is 19.2. The van der Waals surface area contributed by atoms with E-state index in [-0.39, 0.29) is 17.0 Å². The Morgan fingerprint density at radius 2 is 1.79 bits per heavy atom. The minimum atomic E-state index is -3.31. The Labute approximate surface area is 199 Å². The molecule has 33 heavy (non-hydrogen) atoms. The van der Waals surface area contributed by atoms with Gasteiger partial charge in [-0.05, 0) is 47.9 Å². The van der Waals surface area contributed by atoms with Gasteiger partial charge in [0.25, 0.3) is 0 Å². The van der Waals surface area contributed by atoms with Crippen LogP contribution in [0.25, 0.3) is 5.57 Å². The van der Waals surface area contributed by atoms with Crippen molar-refractivity contribution in [2.75, 3.05) is 51.5 Å². The highest BCUT2D eigenvalue weighted by Gasteiger charge is 2.32. The summed E-state index contributed by atoms with van der Waals surface area (Å²) in [7, 11) is -1.44. The SMILES string of the molecule is CNc1ccc(Cl)cc1C1=CC(c2ccc(S(C)(=O)=O)cc2)N(C(=O)N2CCOCC2)CC1. The van der Waals surface area contributed by atoms with Crippen LogP contribution < -0.4 is 5.32 Å². The number of rotatable bonds is 4. The smallest absolute Gasteiger partial charge is 0.320 e. The van der Waals surface area contributed by atoms with E-state index < -0.39 is 9.84 Å². The van der Waals surface area contributed by atoms with E-state index in [1.807, 2.05) is 35.0 Å². The summed E-state index contributed by atoms with van der Waals surface area (Å²) >= 11 is 6.29. The number of nitrogens with one attached hydrogen (secondary N) is 1. The van der Waals surface area contributed by atoms with E-state index >= 15 is 0 Å². The summed E-state index contributed by atoms with van der Waals surface area (Å²) in [5, 5.41) is 3.86. The Morgan fingerprint density at radius 3 is 2.42 bits per heavy atom. The maximum atomic E-state index is 13.4. The van der Waals surface area contributed by atoms with Crippen LogP contribution in [0.1, 0.15) is 23.6 Å². The number of carbonyl (C=O) groups is 1. The maximum Gasteiger partial charge on any atom is 0.320 e. The number of anilines is 1. The molecule has 0 bridgehead atoms. The van der Waals surface area contributed by atoms with Crippen LogP contribution in [-0.2, 0) is 14.6 Å². The third-order valence-corrected chi connectivity index (χ3v) is 7.45. The molecule has 1 atom stereocenters. The third-order valence-electron chi connectivity index (χ3n) is 6.09. The first-order valence-electron chi connectivity index (χ1n) is 10.9. The van der Waals surface area contributed by atoms with Gasteiger partial charge in [-0.1, -0.05) is 29.8 Å². The molecule has 2 aromatic rings. The fourth-order valence-corrected chi connectivity index (χ4v) is 5.11. The van der Waals surface area contributed by atoms with Gasteiger partial charge in [-0.25, -0.2) is 13.2 Å². The molecule has 0 spiro atoms. The van der Waals surface area contributed by atoms with Crippen molar-refractivity contribution < 1.29 is 17.9 Å². The Balaban J connectivity index is 1.75. The molecule has 0 saturated carbocycles. The second kappa shape index (κ2) is 9.75. The van der Waals surface area contributed by atoms with Crippen molar-refractivity contribution in [2.45, 2.75) is 17.4 Å². The molecule has 1 saturated heterocycles. The number of hydrogen-bond donors (Lipinski definition) is 1. The first kappa shape index (κ1) is 23.6. The number of ether oxygens (including phenoxy) is 1. The zero-order valence-corrected chi connectivity index (χ0v) is 20.3. The topological polar surface area (TPSA) is 79.0 Å². The predicted molar refractivity (Wildman–Crippen MR) is 130 cm³/mol. The molecule has 0 aromatic heterocycles. The van der Waals surface area contributed by atoms with Crippen LogP contribution in [0, 0.1) is 0 Å². The lowest BCUT2D eigenvalue weighted by Crippen LogP contribution is -2.50. The largest absolute Gasteiger partial charge is 0.388 e. The van der Waals surface area contributed by atoms with Gasteiger partial charge in [-0.3, -0.25) is 0 Å². The molecule has 2 heterocycles. The lowest BCUT2D eigenvalue weighted by molar-refractivity contribution is 0.0407. The van der Waals surface area contributed by atoms with Crippen LogP contribution in [0.4, 0.5) is 10.5 Å². The van der Waals surface area contributed by atoms with Crippen LogP contribution in [0.2, 0.25) is 5.02 Å². The summed E-state index contributed by atoms with van der Waals surface area (Å²) in [6.07, 6.45) is 3.96. The molecule has 0 radical (unpaired) electrons. The van der Waals surface area contributed by atoms with Gasteiger partial charge in [0.2, 0.25) is 0 Å². The van der Waals surface area contributed by atoms with Crippen LogP contribution in [0.3, 0.4) is 0 Å². The summed E-state index contributed by atoms with van der Waals surface area (Å²) in [5.41, 5.74) is 3.91. The van der Waals surface area contributed by atoms with Gasteiger partial charge >= 0.3 is 6.03 Å². The highest BCUT2D eigenvalue weighted by Crippen LogP contribution is 2.38. The zero-order chi connectivity index (χ0) is 23.6. The average Bonchev–Trinajstić information content (AvgIpc) is 2.83. The number of carbonyl (C=O) groups excluding carboxylic acids is 1. The van der Waals surface area contributed by atoms with Crippen molar-refractivity contribution in [3.63, 3.8) is 0 Å². The van der Waals surface area contributed by atoms with Gasteiger partial charge in [-0.2, -0.15) is 0 Å². The van der Waals surface area contributed by atoms with E-state index in [0.29, 0.717) is 44.3 Å². The van der Waals surface area contributed by atoms with Crippen LogP contribution in [0.15, 0.2) is 53.4 Å². The molecule has 176 valence electrons. The first-order chi connectivity index (χ1) is 15.8. The molecule has 1 unspecified atom stereocenters. The molecule has 2 amide bonds. The molecule has 1 N–H and O–H groups in total. The van der Waals surface area contributed by atoms with E-state index in [1.165, 1.54) is 6.26 Å². The number of sulfone groups is 1. The van der Waals surface area contributed by atoms with Gasteiger partial charge in [-0.15, -0.1) is 0 Å². The fourth-order valence-electron chi connectivity index (χ4n) is 4.31. The summed E-state index contributed by atoms with van der Waals surface area (Å²) in [4.78, 5) is 17.3. The molecule has 0 aliphatic carbocycles. The molecule has 4 rings (SSSR count). The molecule has 9 heteroatoms. The molecule has 7 nitrogen and oxygen atoms in total. The maximum absolute atomic E-state index is 13.4. The second-order valence-corrected chi connectivity index (χ2v) is 10.7. The molecular weight excluding hydrogens is 462 g/mol. The first-order valence-corrected chi connectivity index (χ1v) is 13.2. The number of benzene rings is 2. The number of amides is 2. The monoisotopic (exact) mass is 489 g/mol. The Kier molecular flexibility index (Phi) is 6.97. The van der Waals surface area contributed by atoms with Crippen LogP contribution >= 0.6 is 11.6 Å². The minimum Gasteiger partial charge on any atom is -0.388 e. The highest BCUT2D eigenvalue weighted by molar-refractivity contribution is 7.90. The van der Waals surface area contributed by atoms with Crippen LogP contribution in [-0.4, -0.2) is 70.4 Å². The van der Waals surface area contributed by atoms with Gasteiger partial charge in [0.05, 0.1) is 24.2 Å². The van der Waals surface area contributed by atoms with E-state index in [1.54, 1.807) is 24.3 Å². The summed E-state index contributed by atoms with van der Waals surface area (Å²) < 4.78 is 29.3. The van der Waals surface area contributed by atoms with Crippen LogP contribution in [0.5, 0.6) is 0 Å². The molecular formula is C24H28ClN3O4S. The lowest BCUT2D eigenvalue weighted by atomic mass is 9.91. The zero-order valence-electron chi connectivity index (χ0n) is 18.8. The average molecular weight is 490 g/mol. The standard InChI is InChI=1S/C24H28ClN3O4S/c1-26-22-8-5-19(25)16-21(22)18-9-10-28(24(29)27-11-13-32-14-12-27)23(15-18)17-3-6-20(7-4-17)33(2,30)31/h3-8,15-16,23,26H,9-14H2,1-2H3. The third kappa shape index (κ3) is 5.18.